The van der Waals surface area contributed by atoms with E-state index < -0.39 is 10.0 Å². The third kappa shape index (κ3) is 3.99. The number of halogens is 1. The van der Waals surface area contributed by atoms with Crippen molar-refractivity contribution in [3.8, 4) is 0 Å². The van der Waals surface area contributed by atoms with Crippen molar-refractivity contribution in [2.24, 2.45) is 0 Å². The minimum absolute atomic E-state index is 0.256. The van der Waals surface area contributed by atoms with Gasteiger partial charge in [0.15, 0.2) is 0 Å². The number of nitrogens with one attached hydrogen (secondary N) is 1. The molecule has 2 aromatic rings. The van der Waals surface area contributed by atoms with Crippen molar-refractivity contribution in [1.82, 2.24) is 0 Å². The lowest BCUT2D eigenvalue weighted by Gasteiger charge is -2.12. The van der Waals surface area contributed by atoms with Crippen molar-refractivity contribution < 1.29 is 8.42 Å². The molecule has 0 radical (unpaired) electrons. The van der Waals surface area contributed by atoms with Crippen LogP contribution in [0.2, 0.25) is 0 Å². The van der Waals surface area contributed by atoms with E-state index in [-0.39, 0.29) is 4.90 Å². The summed E-state index contributed by atoms with van der Waals surface area (Å²) in [7, 11) is -3.56. The number of alkyl halides is 1. The van der Waals surface area contributed by atoms with E-state index in [0.717, 1.165) is 24.0 Å². The minimum Gasteiger partial charge on any atom is -0.279 e. The maximum atomic E-state index is 12.4. The second-order valence-corrected chi connectivity index (χ2v) is 6.76. The first-order chi connectivity index (χ1) is 10.1. The Morgan fingerprint density at radius 2 is 1.71 bits per heavy atom. The molecule has 0 aliphatic carbocycles. The summed E-state index contributed by atoms with van der Waals surface area (Å²) in [5.74, 6) is 0.522. The second-order valence-electron chi connectivity index (χ2n) is 4.70. The van der Waals surface area contributed by atoms with Crippen molar-refractivity contribution in [3.05, 3.63) is 59.7 Å². The molecule has 0 atom stereocenters. The van der Waals surface area contributed by atoms with Gasteiger partial charge in [0.2, 0.25) is 0 Å². The number of hydrogen-bond donors (Lipinski definition) is 1. The van der Waals surface area contributed by atoms with Crippen LogP contribution < -0.4 is 4.72 Å². The van der Waals surface area contributed by atoms with Gasteiger partial charge in [0.05, 0.1) is 10.6 Å². The van der Waals surface area contributed by atoms with Crippen molar-refractivity contribution in [1.29, 1.82) is 0 Å². The lowest BCUT2D eigenvalue weighted by Crippen LogP contribution is -2.14. The molecule has 2 aromatic carbocycles. The Kier molecular flexibility index (Phi) is 5.26. The highest BCUT2D eigenvalue weighted by molar-refractivity contribution is 7.92. The van der Waals surface area contributed by atoms with Crippen LogP contribution in [-0.4, -0.2) is 14.3 Å². The topological polar surface area (TPSA) is 46.2 Å². The van der Waals surface area contributed by atoms with Crippen molar-refractivity contribution in [2.75, 3.05) is 10.6 Å². The Balaban J connectivity index is 2.25. The molecular weight excluding hydrogens is 306 g/mol. The van der Waals surface area contributed by atoms with Gasteiger partial charge in [-0.3, -0.25) is 4.72 Å². The maximum Gasteiger partial charge on any atom is 0.261 e. The van der Waals surface area contributed by atoms with Crippen molar-refractivity contribution in [3.63, 3.8) is 0 Å². The lowest BCUT2D eigenvalue weighted by atomic mass is 10.1. The van der Waals surface area contributed by atoms with Gasteiger partial charge in [0, 0.05) is 5.88 Å². The fraction of sp³-hybridized carbons (Fsp3) is 0.250. The monoisotopic (exact) mass is 323 g/mol. The number of aryl methyl sites for hydroxylation is 2. The fourth-order valence-electron chi connectivity index (χ4n) is 2.08. The molecule has 5 heteroatoms. The van der Waals surface area contributed by atoms with E-state index in [9.17, 15) is 8.42 Å². The first-order valence-corrected chi connectivity index (χ1v) is 8.84. The molecule has 0 unspecified atom stereocenters. The summed E-state index contributed by atoms with van der Waals surface area (Å²) < 4.78 is 27.5. The molecule has 0 heterocycles. The number of anilines is 1. The standard InChI is InChI=1S/C16H18ClNO2S/c1-2-14-5-3-4-6-16(14)18-21(19,20)15-9-7-13(8-10-15)11-12-17/h3-10,18H,2,11-12H2,1H3. The van der Waals surface area contributed by atoms with Gasteiger partial charge in [-0.1, -0.05) is 37.3 Å². The molecule has 21 heavy (non-hydrogen) atoms. The average molecular weight is 324 g/mol. The Hall–Kier alpha value is -1.52. The van der Waals surface area contributed by atoms with E-state index in [4.69, 9.17) is 11.6 Å². The summed E-state index contributed by atoms with van der Waals surface area (Å²) in [5.41, 5.74) is 2.63. The molecule has 0 saturated carbocycles. The quantitative estimate of drug-likeness (QED) is 0.821. The predicted molar refractivity (Wildman–Crippen MR) is 87.5 cm³/mol. The van der Waals surface area contributed by atoms with Crippen LogP contribution in [0.4, 0.5) is 5.69 Å². The lowest BCUT2D eigenvalue weighted by molar-refractivity contribution is 0.601. The van der Waals surface area contributed by atoms with Crippen LogP contribution in [0, 0.1) is 0 Å². The van der Waals surface area contributed by atoms with Gasteiger partial charge >= 0.3 is 0 Å². The largest absolute Gasteiger partial charge is 0.279 e. The number of sulfonamides is 1. The third-order valence-electron chi connectivity index (χ3n) is 3.26. The number of benzene rings is 2. The molecule has 0 aliphatic rings. The van der Waals surface area contributed by atoms with E-state index in [2.05, 4.69) is 4.72 Å². The van der Waals surface area contributed by atoms with Gasteiger partial charge in [-0.05, 0) is 42.2 Å². The minimum atomic E-state index is -3.56. The summed E-state index contributed by atoms with van der Waals surface area (Å²) in [5, 5.41) is 0. The zero-order chi connectivity index (χ0) is 15.3. The van der Waals surface area contributed by atoms with Crippen LogP contribution >= 0.6 is 11.6 Å². The molecule has 1 N–H and O–H groups in total. The highest BCUT2D eigenvalue weighted by Crippen LogP contribution is 2.20. The van der Waals surface area contributed by atoms with Gasteiger partial charge < -0.3 is 0 Å². The van der Waals surface area contributed by atoms with Crippen LogP contribution in [0.25, 0.3) is 0 Å². The Morgan fingerprint density at radius 1 is 1.05 bits per heavy atom. The van der Waals surface area contributed by atoms with Gasteiger partial charge in [0.25, 0.3) is 10.0 Å². The van der Waals surface area contributed by atoms with Gasteiger partial charge in [0.1, 0.15) is 0 Å². The van der Waals surface area contributed by atoms with Crippen molar-refractivity contribution >= 4 is 27.3 Å². The molecule has 0 bridgehead atoms. The van der Waals surface area contributed by atoms with Crippen LogP contribution in [0.3, 0.4) is 0 Å². The Morgan fingerprint density at radius 3 is 2.33 bits per heavy atom. The van der Waals surface area contributed by atoms with E-state index in [1.54, 1.807) is 30.3 Å². The number of hydrogen-bond acceptors (Lipinski definition) is 2. The van der Waals surface area contributed by atoms with E-state index in [0.29, 0.717) is 11.6 Å². The van der Waals surface area contributed by atoms with Crippen LogP contribution in [0.1, 0.15) is 18.1 Å². The summed E-state index contributed by atoms with van der Waals surface area (Å²) in [6.07, 6.45) is 1.50. The molecule has 0 aliphatic heterocycles. The molecule has 0 fully saturated rings. The van der Waals surface area contributed by atoms with Gasteiger partial charge in [-0.2, -0.15) is 0 Å². The molecule has 0 saturated heterocycles. The average Bonchev–Trinajstić information content (AvgIpc) is 2.48. The summed E-state index contributed by atoms with van der Waals surface area (Å²) in [6, 6.07) is 14.2. The summed E-state index contributed by atoms with van der Waals surface area (Å²) in [6.45, 7) is 1.99. The highest BCUT2D eigenvalue weighted by Gasteiger charge is 2.15. The van der Waals surface area contributed by atoms with E-state index >= 15 is 0 Å². The fourth-order valence-corrected chi connectivity index (χ4v) is 3.40. The van der Waals surface area contributed by atoms with Crippen LogP contribution in [-0.2, 0) is 22.9 Å². The Labute approximate surface area is 131 Å². The zero-order valence-corrected chi connectivity index (χ0v) is 13.4. The molecule has 112 valence electrons. The SMILES string of the molecule is CCc1ccccc1NS(=O)(=O)c1ccc(CCCl)cc1. The number of rotatable bonds is 6. The second kappa shape index (κ2) is 6.96. The first kappa shape index (κ1) is 15.9. The molecule has 0 aromatic heterocycles. The summed E-state index contributed by atoms with van der Waals surface area (Å²) in [4.78, 5) is 0.256. The first-order valence-electron chi connectivity index (χ1n) is 6.82. The molecule has 0 amide bonds. The predicted octanol–water partition coefficient (Wildman–Crippen LogP) is 3.83. The zero-order valence-electron chi connectivity index (χ0n) is 11.8. The van der Waals surface area contributed by atoms with Crippen LogP contribution in [0.5, 0.6) is 0 Å². The molecule has 2 rings (SSSR count). The van der Waals surface area contributed by atoms with Crippen molar-refractivity contribution in [2.45, 2.75) is 24.7 Å². The number of para-hydroxylation sites is 1. The van der Waals surface area contributed by atoms with Gasteiger partial charge in [-0.25, -0.2) is 8.42 Å². The summed E-state index contributed by atoms with van der Waals surface area (Å²) >= 11 is 5.68. The third-order valence-corrected chi connectivity index (χ3v) is 4.83. The highest BCUT2D eigenvalue weighted by atomic mass is 35.5. The van der Waals surface area contributed by atoms with Gasteiger partial charge in [-0.15, -0.1) is 11.6 Å². The van der Waals surface area contributed by atoms with E-state index in [1.165, 1.54) is 0 Å². The molecule has 0 spiro atoms. The molecular formula is C16H18ClNO2S. The van der Waals surface area contributed by atoms with Crippen LogP contribution in [0.15, 0.2) is 53.4 Å². The van der Waals surface area contributed by atoms with E-state index in [1.807, 2.05) is 25.1 Å². The normalized spacial score (nSPS) is 11.3. The molecule has 3 nitrogen and oxygen atoms in total. The smallest absolute Gasteiger partial charge is 0.261 e. The maximum absolute atomic E-state index is 12.4. The Bertz CT molecular complexity index is 696.